The Bertz CT molecular complexity index is 1030. The Labute approximate surface area is 179 Å². The maximum absolute atomic E-state index is 12.2. The van der Waals surface area contributed by atoms with Crippen molar-refractivity contribution in [1.82, 2.24) is 0 Å². The van der Waals surface area contributed by atoms with Gasteiger partial charge in [0.15, 0.2) is 6.61 Å². The van der Waals surface area contributed by atoms with Crippen LogP contribution < -0.4 is 10.1 Å². The van der Waals surface area contributed by atoms with Crippen LogP contribution in [0.1, 0.15) is 26.3 Å². The predicted octanol–water partition coefficient (Wildman–Crippen LogP) is 3.85. The minimum absolute atomic E-state index is 0.332. The lowest BCUT2D eigenvalue weighted by Gasteiger charge is -2.08. The second kappa shape index (κ2) is 10.6. The van der Waals surface area contributed by atoms with E-state index >= 15 is 0 Å². The summed E-state index contributed by atoms with van der Waals surface area (Å²) in [6, 6.07) is 22.4. The summed E-state index contributed by atoms with van der Waals surface area (Å²) in [5.74, 6) is -0.805. The van der Waals surface area contributed by atoms with Crippen LogP contribution in [0.15, 0.2) is 78.9 Å². The summed E-state index contributed by atoms with van der Waals surface area (Å²) >= 11 is 0. The molecule has 0 saturated carbocycles. The van der Waals surface area contributed by atoms with Gasteiger partial charge in [-0.1, -0.05) is 30.3 Å². The van der Waals surface area contributed by atoms with Crippen LogP contribution in [0.25, 0.3) is 0 Å². The third kappa shape index (κ3) is 6.43. The number of carbonyl (C=O) groups excluding carboxylic acids is 3. The largest absolute Gasteiger partial charge is 0.489 e. The fraction of sp³-hybridized carbons (Fsp3) is 0.125. The summed E-state index contributed by atoms with van der Waals surface area (Å²) in [6.07, 6.45) is 0. The van der Waals surface area contributed by atoms with Gasteiger partial charge in [-0.15, -0.1) is 0 Å². The highest BCUT2D eigenvalue weighted by Crippen LogP contribution is 2.13. The summed E-state index contributed by atoms with van der Waals surface area (Å²) in [5, 5.41) is 2.59. The summed E-state index contributed by atoms with van der Waals surface area (Å²) in [7, 11) is 1.29. The molecule has 0 spiro atoms. The Morgan fingerprint density at radius 3 is 2.03 bits per heavy atom. The normalized spacial score (nSPS) is 10.1. The van der Waals surface area contributed by atoms with Gasteiger partial charge in [-0.2, -0.15) is 0 Å². The van der Waals surface area contributed by atoms with Gasteiger partial charge in [-0.25, -0.2) is 9.59 Å². The monoisotopic (exact) mass is 419 g/mol. The van der Waals surface area contributed by atoms with Gasteiger partial charge < -0.3 is 19.5 Å². The molecule has 0 bridgehead atoms. The summed E-state index contributed by atoms with van der Waals surface area (Å²) < 4.78 is 15.3. The van der Waals surface area contributed by atoms with E-state index in [0.29, 0.717) is 23.4 Å². The van der Waals surface area contributed by atoms with E-state index in [1.165, 1.54) is 19.2 Å². The molecule has 0 atom stereocenters. The van der Waals surface area contributed by atoms with Gasteiger partial charge in [-0.05, 0) is 54.1 Å². The van der Waals surface area contributed by atoms with Crippen LogP contribution in [0.4, 0.5) is 5.69 Å². The molecule has 1 amide bonds. The number of hydrogen-bond donors (Lipinski definition) is 1. The highest BCUT2D eigenvalue weighted by atomic mass is 16.5. The molecule has 1 N–H and O–H groups in total. The Hall–Kier alpha value is -4.13. The van der Waals surface area contributed by atoms with Crippen molar-refractivity contribution in [3.8, 4) is 5.75 Å². The standard InChI is InChI=1S/C24H21NO6/c1-29-23(27)18-11-13-20(14-12-18)25-22(26)16-31-24(28)19-9-7-17(8-10-19)15-30-21-5-3-2-4-6-21/h2-14H,15-16H2,1H3,(H,25,26). The molecule has 0 aliphatic carbocycles. The van der Waals surface area contributed by atoms with Crippen LogP contribution >= 0.6 is 0 Å². The Balaban J connectivity index is 1.45. The lowest BCUT2D eigenvalue weighted by atomic mass is 10.1. The van der Waals surface area contributed by atoms with Crippen molar-refractivity contribution in [2.45, 2.75) is 6.61 Å². The Morgan fingerprint density at radius 2 is 1.39 bits per heavy atom. The predicted molar refractivity (Wildman–Crippen MR) is 114 cm³/mol. The quantitative estimate of drug-likeness (QED) is 0.558. The van der Waals surface area contributed by atoms with Crippen molar-refractivity contribution < 1.29 is 28.6 Å². The molecule has 3 aromatic rings. The molecule has 7 heteroatoms. The number of ether oxygens (including phenoxy) is 3. The van der Waals surface area contributed by atoms with Crippen molar-refractivity contribution in [2.75, 3.05) is 19.0 Å². The maximum Gasteiger partial charge on any atom is 0.338 e. The van der Waals surface area contributed by atoms with Crippen molar-refractivity contribution in [2.24, 2.45) is 0 Å². The number of methoxy groups -OCH3 is 1. The van der Waals surface area contributed by atoms with E-state index < -0.39 is 24.5 Å². The highest BCUT2D eigenvalue weighted by Gasteiger charge is 2.11. The second-order valence-corrected chi connectivity index (χ2v) is 6.49. The highest BCUT2D eigenvalue weighted by molar-refractivity contribution is 5.96. The number of para-hydroxylation sites is 1. The zero-order valence-corrected chi connectivity index (χ0v) is 16.9. The molecule has 7 nitrogen and oxygen atoms in total. The number of hydrogen-bond acceptors (Lipinski definition) is 6. The van der Waals surface area contributed by atoms with E-state index in [1.54, 1.807) is 36.4 Å². The molecular weight excluding hydrogens is 398 g/mol. The fourth-order valence-corrected chi connectivity index (χ4v) is 2.64. The second-order valence-electron chi connectivity index (χ2n) is 6.49. The number of anilines is 1. The van der Waals surface area contributed by atoms with Gasteiger partial charge in [0.25, 0.3) is 5.91 Å². The van der Waals surface area contributed by atoms with E-state index in [1.807, 2.05) is 30.3 Å². The third-order valence-corrected chi connectivity index (χ3v) is 4.26. The molecule has 3 aromatic carbocycles. The van der Waals surface area contributed by atoms with E-state index in [-0.39, 0.29) is 0 Å². The first-order valence-corrected chi connectivity index (χ1v) is 9.47. The number of esters is 2. The van der Waals surface area contributed by atoms with E-state index in [9.17, 15) is 14.4 Å². The SMILES string of the molecule is COC(=O)c1ccc(NC(=O)COC(=O)c2ccc(COc3ccccc3)cc2)cc1. The minimum atomic E-state index is -0.605. The number of benzene rings is 3. The third-order valence-electron chi connectivity index (χ3n) is 4.26. The molecule has 0 aliphatic rings. The zero-order chi connectivity index (χ0) is 22.1. The van der Waals surface area contributed by atoms with Gasteiger partial charge in [0.1, 0.15) is 12.4 Å². The van der Waals surface area contributed by atoms with Crippen LogP contribution in [-0.2, 0) is 20.9 Å². The van der Waals surface area contributed by atoms with E-state index in [2.05, 4.69) is 10.1 Å². The lowest BCUT2D eigenvalue weighted by Crippen LogP contribution is -2.21. The fourth-order valence-electron chi connectivity index (χ4n) is 2.64. The van der Waals surface area contributed by atoms with Gasteiger partial charge in [0.05, 0.1) is 18.2 Å². The summed E-state index contributed by atoms with van der Waals surface area (Å²) in [6.45, 7) is -0.0625. The van der Waals surface area contributed by atoms with Crippen LogP contribution in [-0.4, -0.2) is 31.6 Å². The van der Waals surface area contributed by atoms with Gasteiger partial charge >= 0.3 is 11.9 Å². The molecular formula is C24H21NO6. The first kappa shape index (κ1) is 21.6. The van der Waals surface area contributed by atoms with Crippen molar-refractivity contribution >= 4 is 23.5 Å². The Morgan fingerprint density at radius 1 is 0.774 bits per heavy atom. The van der Waals surface area contributed by atoms with E-state index in [4.69, 9.17) is 9.47 Å². The van der Waals surface area contributed by atoms with Gasteiger partial charge in [0, 0.05) is 5.69 Å². The van der Waals surface area contributed by atoms with Crippen molar-refractivity contribution in [3.63, 3.8) is 0 Å². The smallest absolute Gasteiger partial charge is 0.338 e. The molecule has 3 rings (SSSR count). The van der Waals surface area contributed by atoms with E-state index in [0.717, 1.165) is 11.3 Å². The molecule has 0 heterocycles. The van der Waals surface area contributed by atoms with Crippen LogP contribution in [0.2, 0.25) is 0 Å². The van der Waals surface area contributed by atoms with Gasteiger partial charge in [-0.3, -0.25) is 4.79 Å². The minimum Gasteiger partial charge on any atom is -0.489 e. The molecule has 0 fully saturated rings. The molecule has 0 unspecified atom stereocenters. The molecule has 0 radical (unpaired) electrons. The van der Waals surface area contributed by atoms with Crippen molar-refractivity contribution in [3.05, 3.63) is 95.6 Å². The topological polar surface area (TPSA) is 90.9 Å². The van der Waals surface area contributed by atoms with Gasteiger partial charge in [0.2, 0.25) is 0 Å². The lowest BCUT2D eigenvalue weighted by molar-refractivity contribution is -0.119. The number of rotatable bonds is 8. The molecule has 31 heavy (non-hydrogen) atoms. The molecule has 0 aromatic heterocycles. The van der Waals surface area contributed by atoms with Crippen molar-refractivity contribution in [1.29, 1.82) is 0 Å². The average Bonchev–Trinajstić information content (AvgIpc) is 2.82. The first-order valence-electron chi connectivity index (χ1n) is 9.47. The number of amides is 1. The number of carbonyl (C=O) groups is 3. The summed E-state index contributed by atoms with van der Waals surface area (Å²) in [5.41, 5.74) is 2.06. The first-order chi connectivity index (χ1) is 15.0. The number of nitrogens with one attached hydrogen (secondary N) is 1. The Kier molecular flexibility index (Phi) is 7.37. The van der Waals surface area contributed by atoms with Crippen LogP contribution in [0, 0.1) is 0 Å². The molecule has 0 aliphatic heterocycles. The maximum atomic E-state index is 12.2. The molecule has 158 valence electrons. The summed E-state index contributed by atoms with van der Waals surface area (Å²) in [4.78, 5) is 35.6. The average molecular weight is 419 g/mol. The molecule has 0 saturated heterocycles. The van der Waals surface area contributed by atoms with Crippen LogP contribution in [0.3, 0.4) is 0 Å². The van der Waals surface area contributed by atoms with Crippen LogP contribution in [0.5, 0.6) is 5.75 Å². The zero-order valence-electron chi connectivity index (χ0n) is 16.9.